The van der Waals surface area contributed by atoms with Gasteiger partial charge >= 0.3 is 11.9 Å². The van der Waals surface area contributed by atoms with Crippen molar-refractivity contribution in [3.63, 3.8) is 0 Å². The Kier molecular flexibility index (Phi) is 6.31. The lowest BCUT2D eigenvalue weighted by molar-refractivity contribution is -0.137. The van der Waals surface area contributed by atoms with Gasteiger partial charge in [-0.2, -0.15) is 0 Å². The number of hydrogen-bond donors (Lipinski definition) is 5. The monoisotopic (exact) mass is 296 g/mol. The van der Waals surface area contributed by atoms with Crippen molar-refractivity contribution in [2.45, 2.75) is 25.4 Å². The van der Waals surface area contributed by atoms with E-state index in [9.17, 15) is 14.4 Å². The van der Waals surface area contributed by atoms with Crippen LogP contribution in [0.25, 0.3) is 0 Å². The molecule has 114 valence electrons. The van der Waals surface area contributed by atoms with Crippen LogP contribution in [-0.4, -0.2) is 39.3 Å². The number of rotatable bonds is 8. The van der Waals surface area contributed by atoms with E-state index < -0.39 is 23.9 Å². The van der Waals surface area contributed by atoms with Crippen molar-refractivity contribution in [2.75, 3.05) is 0 Å². The number of nitrogens with one attached hydrogen (secondary N) is 2. The summed E-state index contributed by atoms with van der Waals surface area (Å²) < 4.78 is 0. The summed E-state index contributed by atoms with van der Waals surface area (Å²) in [6.07, 6.45) is -0.236. The second-order valence-electron chi connectivity index (χ2n) is 4.35. The SMILES string of the molecule is O=C(O)CC[C@H](NCc1cccc(C(=O)O)c1)C(=O)NO. The molecular formula is C13H16N2O6. The normalized spacial score (nSPS) is 11.7. The molecule has 1 amide bonds. The number of carbonyl (C=O) groups is 3. The summed E-state index contributed by atoms with van der Waals surface area (Å²) in [5, 5.41) is 28.9. The molecule has 8 nitrogen and oxygen atoms in total. The van der Waals surface area contributed by atoms with Crippen molar-refractivity contribution < 1.29 is 29.8 Å². The molecule has 0 bridgehead atoms. The van der Waals surface area contributed by atoms with E-state index in [-0.39, 0.29) is 24.9 Å². The van der Waals surface area contributed by atoms with Gasteiger partial charge in [-0.3, -0.25) is 14.8 Å². The average Bonchev–Trinajstić information content (AvgIpc) is 2.46. The summed E-state index contributed by atoms with van der Waals surface area (Å²) in [5.74, 6) is -2.86. The van der Waals surface area contributed by atoms with Crippen LogP contribution in [0.15, 0.2) is 24.3 Å². The molecule has 0 unspecified atom stereocenters. The fourth-order valence-electron chi connectivity index (χ4n) is 1.73. The van der Waals surface area contributed by atoms with Gasteiger partial charge in [0.15, 0.2) is 0 Å². The minimum absolute atomic E-state index is 0.000345. The molecule has 8 heteroatoms. The van der Waals surface area contributed by atoms with Gasteiger partial charge in [0.1, 0.15) is 0 Å². The Morgan fingerprint density at radius 3 is 2.48 bits per heavy atom. The minimum atomic E-state index is -1.06. The van der Waals surface area contributed by atoms with E-state index in [1.54, 1.807) is 12.1 Å². The zero-order valence-corrected chi connectivity index (χ0v) is 11.1. The Bertz CT molecular complexity index is 531. The van der Waals surface area contributed by atoms with Gasteiger partial charge in [-0.1, -0.05) is 12.1 Å². The maximum absolute atomic E-state index is 11.4. The van der Waals surface area contributed by atoms with Gasteiger partial charge in [-0.15, -0.1) is 0 Å². The molecule has 0 spiro atoms. The Balaban J connectivity index is 2.67. The lowest BCUT2D eigenvalue weighted by Gasteiger charge is -2.16. The van der Waals surface area contributed by atoms with Crippen molar-refractivity contribution in [1.82, 2.24) is 10.8 Å². The number of aromatic carboxylic acids is 1. The van der Waals surface area contributed by atoms with E-state index in [0.29, 0.717) is 5.56 Å². The van der Waals surface area contributed by atoms with E-state index in [1.807, 2.05) is 0 Å². The van der Waals surface area contributed by atoms with Gasteiger partial charge in [0.25, 0.3) is 5.91 Å². The molecule has 0 aliphatic heterocycles. The fourth-order valence-corrected chi connectivity index (χ4v) is 1.73. The number of amides is 1. The van der Waals surface area contributed by atoms with Crippen LogP contribution >= 0.6 is 0 Å². The number of aliphatic carboxylic acids is 1. The Hall–Kier alpha value is -2.45. The van der Waals surface area contributed by atoms with Crippen molar-refractivity contribution in [2.24, 2.45) is 0 Å². The Morgan fingerprint density at radius 2 is 1.90 bits per heavy atom. The lowest BCUT2D eigenvalue weighted by Crippen LogP contribution is -2.43. The van der Waals surface area contributed by atoms with Crippen molar-refractivity contribution in [1.29, 1.82) is 0 Å². The molecule has 1 aromatic rings. The molecule has 21 heavy (non-hydrogen) atoms. The van der Waals surface area contributed by atoms with Crippen molar-refractivity contribution in [3.05, 3.63) is 35.4 Å². The number of hydrogen-bond acceptors (Lipinski definition) is 5. The highest BCUT2D eigenvalue weighted by atomic mass is 16.5. The molecule has 0 saturated carbocycles. The van der Waals surface area contributed by atoms with Crippen molar-refractivity contribution >= 4 is 17.8 Å². The topological polar surface area (TPSA) is 136 Å². The van der Waals surface area contributed by atoms with Gasteiger partial charge in [0.05, 0.1) is 11.6 Å². The van der Waals surface area contributed by atoms with E-state index in [2.05, 4.69) is 5.32 Å². The maximum Gasteiger partial charge on any atom is 0.335 e. The quantitative estimate of drug-likeness (QED) is 0.342. The number of carboxylic acid groups (broad SMARTS) is 2. The third-order valence-electron chi connectivity index (χ3n) is 2.80. The largest absolute Gasteiger partial charge is 0.481 e. The predicted molar refractivity (Wildman–Crippen MR) is 70.8 cm³/mol. The first-order chi connectivity index (χ1) is 9.93. The molecule has 0 heterocycles. The Labute approximate surface area is 120 Å². The lowest BCUT2D eigenvalue weighted by atomic mass is 10.1. The fraction of sp³-hybridized carbons (Fsp3) is 0.308. The summed E-state index contributed by atoms with van der Waals surface area (Å²) in [7, 11) is 0. The second-order valence-corrected chi connectivity index (χ2v) is 4.35. The van der Waals surface area contributed by atoms with E-state index in [4.69, 9.17) is 15.4 Å². The van der Waals surface area contributed by atoms with Gasteiger partial charge in [-0.25, -0.2) is 10.3 Å². The third-order valence-corrected chi connectivity index (χ3v) is 2.80. The summed E-state index contributed by atoms with van der Waals surface area (Å²) in [6, 6.07) is 5.23. The van der Waals surface area contributed by atoms with Crippen LogP contribution in [0.2, 0.25) is 0 Å². The van der Waals surface area contributed by atoms with Crippen LogP contribution in [0, 0.1) is 0 Å². The molecule has 0 aliphatic carbocycles. The van der Waals surface area contributed by atoms with Gasteiger partial charge in [0.2, 0.25) is 0 Å². The van der Waals surface area contributed by atoms with E-state index in [0.717, 1.165) is 0 Å². The van der Waals surface area contributed by atoms with Crippen LogP contribution in [0.4, 0.5) is 0 Å². The molecule has 1 aromatic carbocycles. The molecule has 0 aromatic heterocycles. The number of carboxylic acids is 2. The van der Waals surface area contributed by atoms with Crippen LogP contribution < -0.4 is 10.8 Å². The molecule has 0 fully saturated rings. The molecule has 1 atom stereocenters. The second kappa shape index (κ2) is 7.98. The van der Waals surface area contributed by atoms with Crippen LogP contribution in [0.1, 0.15) is 28.8 Å². The molecule has 5 N–H and O–H groups in total. The summed E-state index contributed by atoms with van der Waals surface area (Å²) >= 11 is 0. The number of carbonyl (C=O) groups excluding carboxylic acids is 1. The highest BCUT2D eigenvalue weighted by Gasteiger charge is 2.18. The van der Waals surface area contributed by atoms with Crippen LogP contribution in [0.5, 0.6) is 0 Å². The predicted octanol–water partition coefficient (Wildman–Crippen LogP) is 0.213. The number of hydroxylamine groups is 1. The maximum atomic E-state index is 11.4. The first-order valence-electron chi connectivity index (χ1n) is 6.15. The van der Waals surface area contributed by atoms with Gasteiger partial charge in [-0.05, 0) is 24.1 Å². The van der Waals surface area contributed by atoms with Gasteiger partial charge in [0, 0.05) is 13.0 Å². The zero-order chi connectivity index (χ0) is 15.8. The first-order valence-corrected chi connectivity index (χ1v) is 6.15. The highest BCUT2D eigenvalue weighted by molar-refractivity contribution is 5.87. The van der Waals surface area contributed by atoms with E-state index in [1.165, 1.54) is 17.6 Å². The standard InChI is InChI=1S/C13H16N2O6/c16-11(17)5-4-10(12(18)15-21)14-7-8-2-1-3-9(6-8)13(19)20/h1-3,6,10,14,21H,4-5,7H2,(H,15,18)(H,16,17)(H,19,20)/t10-/m0/s1. The highest BCUT2D eigenvalue weighted by Crippen LogP contribution is 2.07. The molecule has 1 rings (SSSR count). The Morgan fingerprint density at radius 1 is 1.19 bits per heavy atom. The van der Waals surface area contributed by atoms with Crippen molar-refractivity contribution in [3.8, 4) is 0 Å². The third kappa shape index (κ3) is 5.59. The molecule has 0 aliphatic rings. The zero-order valence-electron chi connectivity index (χ0n) is 11.1. The summed E-state index contributed by atoms with van der Waals surface area (Å²) in [4.78, 5) is 32.8. The first kappa shape index (κ1) is 16.6. The van der Waals surface area contributed by atoms with Crippen LogP contribution in [0.3, 0.4) is 0 Å². The summed E-state index contributed by atoms with van der Waals surface area (Å²) in [6.45, 7) is 0.166. The summed E-state index contributed by atoms with van der Waals surface area (Å²) in [5.41, 5.74) is 2.21. The number of benzene rings is 1. The van der Waals surface area contributed by atoms with Crippen LogP contribution in [-0.2, 0) is 16.1 Å². The molecule has 0 radical (unpaired) electrons. The average molecular weight is 296 g/mol. The minimum Gasteiger partial charge on any atom is -0.481 e. The van der Waals surface area contributed by atoms with Gasteiger partial charge < -0.3 is 15.5 Å². The molecular weight excluding hydrogens is 280 g/mol. The smallest absolute Gasteiger partial charge is 0.335 e. The van der Waals surface area contributed by atoms with E-state index >= 15 is 0 Å². The molecule has 0 saturated heterocycles.